The molecule has 0 spiro atoms. The van der Waals surface area contributed by atoms with Crippen LogP contribution in [0.2, 0.25) is 0 Å². The third kappa shape index (κ3) is 4.35. The SMILES string of the molecule is CN(C)CCN(C)S(=O)(=O)N1CCC(CCl)CC1. The summed E-state index contributed by atoms with van der Waals surface area (Å²) in [5.74, 6) is 1.09. The molecule has 1 rings (SSSR count). The lowest BCUT2D eigenvalue weighted by Crippen LogP contribution is -2.47. The normalized spacial score (nSPS) is 19.9. The molecule has 7 heteroatoms. The summed E-state index contributed by atoms with van der Waals surface area (Å²) < 4.78 is 27.6. The van der Waals surface area contributed by atoms with E-state index in [1.165, 1.54) is 4.31 Å². The van der Waals surface area contributed by atoms with Crippen LogP contribution >= 0.6 is 11.6 Å². The molecule has 1 aliphatic rings. The Hall–Kier alpha value is 0.120. The number of hydrogen-bond donors (Lipinski definition) is 0. The number of alkyl halides is 1. The Labute approximate surface area is 116 Å². The van der Waals surface area contributed by atoms with E-state index >= 15 is 0 Å². The van der Waals surface area contributed by atoms with Gasteiger partial charge >= 0.3 is 0 Å². The van der Waals surface area contributed by atoms with Crippen LogP contribution in [0.25, 0.3) is 0 Å². The van der Waals surface area contributed by atoms with Crippen LogP contribution in [0.5, 0.6) is 0 Å². The second-order valence-electron chi connectivity index (χ2n) is 5.13. The highest BCUT2D eigenvalue weighted by atomic mass is 35.5. The Morgan fingerprint density at radius 1 is 1.17 bits per heavy atom. The predicted octanol–water partition coefficient (Wildman–Crippen LogP) is 0.675. The first-order valence-corrected chi connectivity index (χ1v) is 8.23. The van der Waals surface area contributed by atoms with E-state index in [0.717, 1.165) is 19.4 Å². The van der Waals surface area contributed by atoms with Crippen LogP contribution < -0.4 is 0 Å². The van der Waals surface area contributed by atoms with Crippen molar-refractivity contribution in [2.24, 2.45) is 5.92 Å². The summed E-state index contributed by atoms with van der Waals surface area (Å²) in [6.45, 7) is 2.43. The summed E-state index contributed by atoms with van der Waals surface area (Å²) in [6, 6.07) is 0. The number of rotatable bonds is 6. The van der Waals surface area contributed by atoms with Gasteiger partial charge in [0.1, 0.15) is 0 Å². The van der Waals surface area contributed by atoms with Crippen LogP contribution in [0.15, 0.2) is 0 Å². The highest BCUT2D eigenvalue weighted by molar-refractivity contribution is 7.86. The van der Waals surface area contributed by atoms with Gasteiger partial charge in [-0.15, -0.1) is 11.6 Å². The summed E-state index contributed by atoms with van der Waals surface area (Å²) in [4.78, 5) is 1.98. The molecule has 5 nitrogen and oxygen atoms in total. The number of nitrogens with zero attached hydrogens (tertiary/aromatic N) is 3. The Morgan fingerprint density at radius 3 is 2.17 bits per heavy atom. The minimum absolute atomic E-state index is 0.463. The standard InChI is InChI=1S/C11H24ClN3O2S/c1-13(2)8-9-14(3)18(16,17)15-6-4-11(10-12)5-7-15/h11H,4-10H2,1-3H3. The van der Waals surface area contributed by atoms with Crippen molar-refractivity contribution in [2.75, 3.05) is 53.2 Å². The van der Waals surface area contributed by atoms with Gasteiger partial charge < -0.3 is 4.90 Å². The van der Waals surface area contributed by atoms with Gasteiger partial charge in [-0.1, -0.05) is 0 Å². The van der Waals surface area contributed by atoms with Crippen molar-refractivity contribution in [3.05, 3.63) is 0 Å². The molecule has 0 radical (unpaired) electrons. The van der Waals surface area contributed by atoms with E-state index < -0.39 is 10.2 Å². The fourth-order valence-electron chi connectivity index (χ4n) is 1.95. The van der Waals surface area contributed by atoms with Crippen molar-refractivity contribution in [1.82, 2.24) is 13.5 Å². The van der Waals surface area contributed by atoms with Gasteiger partial charge in [0, 0.05) is 39.1 Å². The van der Waals surface area contributed by atoms with Gasteiger partial charge in [0.05, 0.1) is 0 Å². The van der Waals surface area contributed by atoms with E-state index in [9.17, 15) is 8.42 Å². The van der Waals surface area contributed by atoms with Crippen LogP contribution in [-0.2, 0) is 10.2 Å². The van der Waals surface area contributed by atoms with Crippen LogP contribution in [0.3, 0.4) is 0 Å². The molecule has 18 heavy (non-hydrogen) atoms. The van der Waals surface area contributed by atoms with Crippen molar-refractivity contribution in [1.29, 1.82) is 0 Å². The van der Waals surface area contributed by atoms with Gasteiger partial charge in [0.25, 0.3) is 10.2 Å². The zero-order chi connectivity index (χ0) is 13.8. The topological polar surface area (TPSA) is 43.9 Å². The average Bonchev–Trinajstić information content (AvgIpc) is 2.35. The predicted molar refractivity (Wildman–Crippen MR) is 75.1 cm³/mol. The maximum absolute atomic E-state index is 12.3. The molecule has 1 fully saturated rings. The van der Waals surface area contributed by atoms with Gasteiger partial charge in [-0.25, -0.2) is 0 Å². The number of piperidine rings is 1. The zero-order valence-corrected chi connectivity index (χ0v) is 13.0. The van der Waals surface area contributed by atoms with E-state index in [0.29, 0.717) is 31.4 Å². The minimum atomic E-state index is -3.29. The van der Waals surface area contributed by atoms with Crippen LogP contribution in [0.4, 0.5) is 0 Å². The number of hydrogen-bond acceptors (Lipinski definition) is 3. The molecule has 1 aliphatic heterocycles. The summed E-state index contributed by atoms with van der Waals surface area (Å²) in [5, 5.41) is 0. The van der Waals surface area contributed by atoms with Crippen molar-refractivity contribution >= 4 is 21.8 Å². The van der Waals surface area contributed by atoms with E-state index in [1.54, 1.807) is 11.4 Å². The van der Waals surface area contributed by atoms with Gasteiger partial charge in [-0.2, -0.15) is 17.0 Å². The summed E-state index contributed by atoms with van der Waals surface area (Å²) >= 11 is 5.81. The first-order valence-electron chi connectivity index (χ1n) is 6.30. The molecule has 0 atom stereocenters. The lowest BCUT2D eigenvalue weighted by Gasteiger charge is -2.33. The molecule has 0 amide bonds. The Morgan fingerprint density at radius 2 is 1.72 bits per heavy atom. The molecular formula is C11H24ClN3O2S. The molecule has 0 unspecified atom stereocenters. The molecule has 0 aromatic rings. The smallest absolute Gasteiger partial charge is 0.281 e. The van der Waals surface area contributed by atoms with Crippen molar-refractivity contribution < 1.29 is 8.42 Å². The molecule has 108 valence electrons. The Kier molecular flexibility index (Phi) is 6.34. The van der Waals surface area contributed by atoms with Crippen molar-refractivity contribution in [3.63, 3.8) is 0 Å². The maximum atomic E-state index is 12.3. The first kappa shape index (κ1) is 16.2. The van der Waals surface area contributed by atoms with Crippen molar-refractivity contribution in [2.45, 2.75) is 12.8 Å². The zero-order valence-electron chi connectivity index (χ0n) is 11.5. The second-order valence-corrected chi connectivity index (χ2v) is 7.47. The quantitative estimate of drug-likeness (QED) is 0.677. The number of halogens is 1. The van der Waals surface area contributed by atoms with Gasteiger partial charge in [0.2, 0.25) is 0 Å². The van der Waals surface area contributed by atoms with Gasteiger partial charge in [-0.3, -0.25) is 0 Å². The molecule has 0 saturated carbocycles. The highest BCUT2D eigenvalue weighted by Crippen LogP contribution is 2.21. The molecule has 0 bridgehead atoms. The molecule has 0 N–H and O–H groups in total. The van der Waals surface area contributed by atoms with E-state index in [-0.39, 0.29) is 0 Å². The summed E-state index contributed by atoms with van der Waals surface area (Å²) in [7, 11) is 2.23. The fraction of sp³-hybridized carbons (Fsp3) is 1.00. The Bertz CT molecular complexity index is 340. The minimum Gasteiger partial charge on any atom is -0.308 e. The summed E-state index contributed by atoms with van der Waals surface area (Å²) in [6.07, 6.45) is 1.73. The van der Waals surface area contributed by atoms with Crippen LogP contribution in [-0.4, -0.2) is 75.1 Å². The van der Waals surface area contributed by atoms with E-state index in [2.05, 4.69) is 0 Å². The largest absolute Gasteiger partial charge is 0.308 e. The van der Waals surface area contributed by atoms with E-state index in [1.807, 2.05) is 19.0 Å². The highest BCUT2D eigenvalue weighted by Gasteiger charge is 2.30. The Balaban J connectivity index is 2.53. The average molecular weight is 298 g/mol. The van der Waals surface area contributed by atoms with Gasteiger partial charge in [0.15, 0.2) is 0 Å². The van der Waals surface area contributed by atoms with Crippen LogP contribution in [0, 0.1) is 5.92 Å². The third-order valence-corrected chi connectivity index (χ3v) is 5.80. The molecular weight excluding hydrogens is 274 g/mol. The monoisotopic (exact) mass is 297 g/mol. The van der Waals surface area contributed by atoms with Gasteiger partial charge in [-0.05, 0) is 32.9 Å². The molecule has 0 aromatic heterocycles. The molecule has 0 aliphatic carbocycles. The molecule has 1 heterocycles. The maximum Gasteiger partial charge on any atom is 0.281 e. The first-order chi connectivity index (χ1) is 8.37. The van der Waals surface area contributed by atoms with Crippen LogP contribution in [0.1, 0.15) is 12.8 Å². The fourth-order valence-corrected chi connectivity index (χ4v) is 3.64. The van der Waals surface area contributed by atoms with E-state index in [4.69, 9.17) is 11.6 Å². The lowest BCUT2D eigenvalue weighted by molar-refractivity contribution is 0.267. The van der Waals surface area contributed by atoms with Crippen molar-refractivity contribution in [3.8, 4) is 0 Å². The number of likely N-dealkylation sites (N-methyl/N-ethyl adjacent to an activating group) is 2. The molecule has 1 saturated heterocycles. The molecule has 0 aromatic carbocycles. The summed E-state index contributed by atoms with van der Waals surface area (Å²) in [5.41, 5.74) is 0. The third-order valence-electron chi connectivity index (χ3n) is 3.37. The second kappa shape index (κ2) is 7.05. The lowest BCUT2D eigenvalue weighted by atomic mass is 10.0.